The Morgan fingerprint density at radius 1 is 1.21 bits per heavy atom. The first-order chi connectivity index (χ1) is 11.5. The number of carbonyl (C=O) groups is 1. The van der Waals surface area contributed by atoms with Gasteiger partial charge in [-0.15, -0.1) is 0 Å². The molecule has 0 saturated heterocycles. The Hall–Kier alpha value is -1.75. The highest BCUT2D eigenvalue weighted by Gasteiger charge is 2.19. The van der Waals surface area contributed by atoms with E-state index in [0.717, 1.165) is 50.5 Å². The van der Waals surface area contributed by atoms with E-state index in [4.69, 9.17) is 9.47 Å². The summed E-state index contributed by atoms with van der Waals surface area (Å²) in [4.78, 5) is 14.3. The van der Waals surface area contributed by atoms with Gasteiger partial charge < -0.3 is 14.8 Å². The van der Waals surface area contributed by atoms with Crippen molar-refractivity contribution >= 4 is 5.91 Å². The minimum absolute atomic E-state index is 0.147. The lowest BCUT2D eigenvalue weighted by Crippen LogP contribution is -2.35. The standard InChI is InChI=1S/C19H30N2O3/c1-14(2)5-8-20-19(22)7-10-21-9-6-15-11-17(23-3)18(24-4)12-16(15)13-21/h11-12,14H,5-10,13H2,1-4H3,(H,20,22). The molecule has 0 aromatic heterocycles. The van der Waals surface area contributed by atoms with Gasteiger partial charge in [0.05, 0.1) is 14.2 Å². The van der Waals surface area contributed by atoms with Crippen LogP contribution in [0, 0.1) is 5.92 Å². The molecule has 2 rings (SSSR count). The molecule has 0 bridgehead atoms. The predicted octanol–water partition coefficient (Wildman–Crippen LogP) is 2.61. The van der Waals surface area contributed by atoms with Gasteiger partial charge in [-0.25, -0.2) is 0 Å². The molecule has 1 heterocycles. The van der Waals surface area contributed by atoms with Crippen molar-refractivity contribution in [2.24, 2.45) is 5.92 Å². The van der Waals surface area contributed by atoms with Crippen molar-refractivity contribution in [3.05, 3.63) is 23.3 Å². The molecule has 24 heavy (non-hydrogen) atoms. The minimum Gasteiger partial charge on any atom is -0.493 e. The Kier molecular flexibility index (Phi) is 6.91. The Morgan fingerprint density at radius 3 is 2.50 bits per heavy atom. The fourth-order valence-corrected chi connectivity index (χ4v) is 2.98. The SMILES string of the molecule is COc1cc2c(cc1OC)CN(CCC(=O)NCCC(C)C)CC2. The first-order valence-corrected chi connectivity index (χ1v) is 8.76. The van der Waals surface area contributed by atoms with Gasteiger partial charge in [-0.05, 0) is 42.0 Å². The zero-order valence-corrected chi connectivity index (χ0v) is 15.4. The summed E-state index contributed by atoms with van der Waals surface area (Å²) in [7, 11) is 3.32. The van der Waals surface area contributed by atoms with E-state index in [0.29, 0.717) is 12.3 Å². The molecule has 0 fully saturated rings. The average Bonchev–Trinajstić information content (AvgIpc) is 2.58. The van der Waals surface area contributed by atoms with E-state index in [-0.39, 0.29) is 5.91 Å². The number of carbonyl (C=O) groups excluding carboxylic acids is 1. The molecule has 0 unspecified atom stereocenters. The second-order valence-electron chi connectivity index (χ2n) is 6.78. The van der Waals surface area contributed by atoms with E-state index in [1.54, 1.807) is 14.2 Å². The lowest BCUT2D eigenvalue weighted by Gasteiger charge is -2.29. The van der Waals surface area contributed by atoms with Crippen LogP contribution < -0.4 is 14.8 Å². The summed E-state index contributed by atoms with van der Waals surface area (Å²) in [5.74, 6) is 2.32. The first kappa shape index (κ1) is 18.6. The van der Waals surface area contributed by atoms with Gasteiger partial charge in [0, 0.05) is 32.6 Å². The smallest absolute Gasteiger partial charge is 0.221 e. The van der Waals surface area contributed by atoms with Gasteiger partial charge in [0.2, 0.25) is 5.91 Å². The minimum atomic E-state index is 0.147. The van der Waals surface area contributed by atoms with Crippen LogP contribution in [-0.4, -0.2) is 44.7 Å². The second kappa shape index (κ2) is 8.92. The molecule has 0 aliphatic carbocycles. The summed E-state index contributed by atoms with van der Waals surface area (Å²) >= 11 is 0. The Balaban J connectivity index is 1.85. The summed E-state index contributed by atoms with van der Waals surface area (Å²) in [5.41, 5.74) is 2.57. The average molecular weight is 334 g/mol. The Morgan fingerprint density at radius 2 is 1.88 bits per heavy atom. The highest BCUT2D eigenvalue weighted by molar-refractivity contribution is 5.76. The number of methoxy groups -OCH3 is 2. The number of hydrogen-bond acceptors (Lipinski definition) is 4. The van der Waals surface area contributed by atoms with Crippen LogP contribution in [0.2, 0.25) is 0 Å². The molecule has 1 aliphatic heterocycles. The van der Waals surface area contributed by atoms with E-state index in [1.165, 1.54) is 11.1 Å². The monoisotopic (exact) mass is 334 g/mol. The fraction of sp³-hybridized carbons (Fsp3) is 0.632. The molecule has 1 aromatic rings. The summed E-state index contributed by atoms with van der Waals surface area (Å²) in [6.45, 7) is 7.73. The molecule has 1 aromatic carbocycles. The van der Waals surface area contributed by atoms with Crippen molar-refractivity contribution in [2.45, 2.75) is 39.7 Å². The third-order valence-electron chi connectivity index (χ3n) is 4.50. The number of benzene rings is 1. The maximum atomic E-state index is 11.9. The number of ether oxygens (including phenoxy) is 2. The number of nitrogens with one attached hydrogen (secondary N) is 1. The van der Waals surface area contributed by atoms with E-state index in [2.05, 4.69) is 36.2 Å². The Bertz CT molecular complexity index is 558. The maximum absolute atomic E-state index is 11.9. The quantitative estimate of drug-likeness (QED) is 0.794. The van der Waals surface area contributed by atoms with Crippen molar-refractivity contribution in [2.75, 3.05) is 33.9 Å². The second-order valence-corrected chi connectivity index (χ2v) is 6.78. The molecule has 0 spiro atoms. The number of rotatable bonds is 8. The molecular formula is C19H30N2O3. The largest absolute Gasteiger partial charge is 0.493 e. The molecular weight excluding hydrogens is 304 g/mol. The summed E-state index contributed by atoms with van der Waals surface area (Å²) in [6, 6.07) is 4.13. The van der Waals surface area contributed by atoms with Crippen LogP contribution in [0.5, 0.6) is 11.5 Å². The van der Waals surface area contributed by atoms with Crippen molar-refractivity contribution < 1.29 is 14.3 Å². The van der Waals surface area contributed by atoms with Gasteiger partial charge in [0.1, 0.15) is 0 Å². The van der Waals surface area contributed by atoms with Crippen molar-refractivity contribution in [3.63, 3.8) is 0 Å². The third-order valence-corrected chi connectivity index (χ3v) is 4.50. The molecule has 5 nitrogen and oxygen atoms in total. The van der Waals surface area contributed by atoms with Crippen LogP contribution >= 0.6 is 0 Å². The van der Waals surface area contributed by atoms with Crippen LogP contribution in [0.4, 0.5) is 0 Å². The van der Waals surface area contributed by atoms with Crippen LogP contribution in [0.3, 0.4) is 0 Å². The molecule has 0 atom stereocenters. The number of fused-ring (bicyclic) bond motifs is 1. The lowest BCUT2D eigenvalue weighted by atomic mass is 9.98. The van der Waals surface area contributed by atoms with Gasteiger partial charge >= 0.3 is 0 Å². The van der Waals surface area contributed by atoms with E-state index >= 15 is 0 Å². The number of nitrogens with zero attached hydrogens (tertiary/aromatic N) is 1. The van der Waals surface area contributed by atoms with E-state index < -0.39 is 0 Å². The molecule has 1 aliphatic rings. The van der Waals surface area contributed by atoms with Gasteiger partial charge in [0.15, 0.2) is 11.5 Å². The van der Waals surface area contributed by atoms with Crippen molar-refractivity contribution in [3.8, 4) is 11.5 Å². The van der Waals surface area contributed by atoms with Crippen molar-refractivity contribution in [1.82, 2.24) is 10.2 Å². The van der Waals surface area contributed by atoms with Crippen LogP contribution in [0.15, 0.2) is 12.1 Å². The lowest BCUT2D eigenvalue weighted by molar-refractivity contribution is -0.121. The zero-order valence-electron chi connectivity index (χ0n) is 15.4. The highest BCUT2D eigenvalue weighted by atomic mass is 16.5. The van der Waals surface area contributed by atoms with Gasteiger partial charge in [-0.1, -0.05) is 13.8 Å². The third kappa shape index (κ3) is 5.13. The summed E-state index contributed by atoms with van der Waals surface area (Å²) < 4.78 is 10.8. The number of hydrogen-bond donors (Lipinski definition) is 1. The van der Waals surface area contributed by atoms with Gasteiger partial charge in [-0.2, -0.15) is 0 Å². The molecule has 1 N–H and O–H groups in total. The topological polar surface area (TPSA) is 50.8 Å². The highest BCUT2D eigenvalue weighted by Crippen LogP contribution is 2.33. The van der Waals surface area contributed by atoms with Gasteiger partial charge in [-0.3, -0.25) is 9.69 Å². The fourth-order valence-electron chi connectivity index (χ4n) is 2.98. The van der Waals surface area contributed by atoms with E-state index in [9.17, 15) is 4.79 Å². The van der Waals surface area contributed by atoms with Crippen molar-refractivity contribution in [1.29, 1.82) is 0 Å². The molecule has 0 radical (unpaired) electrons. The normalized spacial score (nSPS) is 14.4. The summed E-state index contributed by atoms with van der Waals surface area (Å²) in [5, 5.41) is 3.00. The molecule has 134 valence electrons. The van der Waals surface area contributed by atoms with Gasteiger partial charge in [0.25, 0.3) is 0 Å². The Labute approximate surface area is 145 Å². The molecule has 1 amide bonds. The molecule has 0 saturated carbocycles. The van der Waals surface area contributed by atoms with Crippen LogP contribution in [0.25, 0.3) is 0 Å². The van der Waals surface area contributed by atoms with Crippen LogP contribution in [0.1, 0.15) is 37.8 Å². The predicted molar refractivity (Wildman–Crippen MR) is 95.6 cm³/mol. The van der Waals surface area contributed by atoms with E-state index in [1.807, 2.05) is 0 Å². The molecule has 5 heteroatoms. The zero-order chi connectivity index (χ0) is 17.5. The van der Waals surface area contributed by atoms with Crippen LogP contribution in [-0.2, 0) is 17.8 Å². The summed E-state index contributed by atoms with van der Waals surface area (Å²) in [6.07, 6.45) is 2.57. The maximum Gasteiger partial charge on any atom is 0.221 e. The number of amides is 1. The first-order valence-electron chi connectivity index (χ1n) is 8.76.